The minimum atomic E-state index is -0.205. The topological polar surface area (TPSA) is 36.4 Å². The zero-order valence-corrected chi connectivity index (χ0v) is 12.3. The van der Waals surface area contributed by atoms with Gasteiger partial charge in [0.25, 0.3) is 0 Å². The summed E-state index contributed by atoms with van der Waals surface area (Å²) in [5, 5.41) is 10.1. The van der Waals surface area contributed by atoms with Crippen LogP contribution in [-0.4, -0.2) is 34.2 Å². The molecule has 0 bridgehead atoms. The highest BCUT2D eigenvalue weighted by molar-refractivity contribution is 5.81. The Bertz CT molecular complexity index is 631. The molecule has 1 saturated heterocycles. The van der Waals surface area contributed by atoms with E-state index in [0.29, 0.717) is 18.5 Å². The van der Waals surface area contributed by atoms with E-state index in [9.17, 15) is 9.50 Å². The molecular weight excluding hydrogens is 267 g/mol. The summed E-state index contributed by atoms with van der Waals surface area (Å²) >= 11 is 0. The van der Waals surface area contributed by atoms with Crippen LogP contribution < -0.4 is 0 Å². The molecule has 0 spiro atoms. The Hall–Kier alpha value is -1.52. The minimum absolute atomic E-state index is 0.205. The van der Waals surface area contributed by atoms with Gasteiger partial charge in [-0.15, -0.1) is 0 Å². The van der Waals surface area contributed by atoms with Gasteiger partial charge < -0.3 is 5.11 Å². The average Bonchev–Trinajstić information content (AvgIpc) is 2.49. The van der Waals surface area contributed by atoms with Crippen LogP contribution in [0.25, 0.3) is 10.9 Å². The molecule has 0 unspecified atom stereocenters. The molecule has 112 valence electrons. The first-order valence-corrected chi connectivity index (χ1v) is 7.55. The minimum Gasteiger partial charge on any atom is -0.396 e. The maximum atomic E-state index is 13.8. The number of nitrogens with zero attached hydrogens (tertiary/aromatic N) is 2. The van der Waals surface area contributed by atoms with E-state index in [1.54, 1.807) is 12.3 Å². The van der Waals surface area contributed by atoms with E-state index in [2.05, 4.69) is 16.8 Å². The van der Waals surface area contributed by atoms with Crippen LogP contribution in [-0.2, 0) is 6.54 Å². The summed E-state index contributed by atoms with van der Waals surface area (Å²) in [5.74, 6) is 0.196. The van der Waals surface area contributed by atoms with Crippen LogP contribution >= 0.6 is 0 Å². The highest BCUT2D eigenvalue weighted by Crippen LogP contribution is 2.26. The first-order chi connectivity index (χ1) is 10.2. The van der Waals surface area contributed by atoms with Crippen molar-refractivity contribution in [2.75, 3.05) is 13.2 Å². The number of benzene rings is 1. The molecule has 3 rings (SSSR count). The van der Waals surface area contributed by atoms with Crippen LogP contribution in [0.3, 0.4) is 0 Å². The largest absolute Gasteiger partial charge is 0.396 e. The van der Waals surface area contributed by atoms with E-state index in [0.717, 1.165) is 35.9 Å². The lowest BCUT2D eigenvalue weighted by molar-refractivity contribution is 0.0841. The van der Waals surface area contributed by atoms with Gasteiger partial charge in [0, 0.05) is 30.8 Å². The smallest absolute Gasteiger partial charge is 0.124 e. The predicted octanol–water partition coefficient (Wildman–Crippen LogP) is 2.97. The Morgan fingerprint density at radius 2 is 2.29 bits per heavy atom. The van der Waals surface area contributed by atoms with Gasteiger partial charge in [-0.2, -0.15) is 0 Å². The zero-order valence-electron chi connectivity index (χ0n) is 12.3. The molecule has 1 N–H and O–H groups in total. The SMILES string of the molecule is C[C@H]1C[C@@H](CO)CCN1Cc1cc(F)cc2cccnc12. The fraction of sp³-hybridized carbons (Fsp3) is 0.471. The van der Waals surface area contributed by atoms with E-state index in [1.165, 1.54) is 6.07 Å². The number of likely N-dealkylation sites (tertiary alicyclic amines) is 1. The second-order valence-corrected chi connectivity index (χ2v) is 6.03. The third kappa shape index (κ3) is 3.06. The summed E-state index contributed by atoms with van der Waals surface area (Å²) < 4.78 is 13.8. The van der Waals surface area contributed by atoms with Crippen molar-refractivity contribution < 1.29 is 9.50 Å². The van der Waals surface area contributed by atoms with Gasteiger partial charge in [-0.1, -0.05) is 6.07 Å². The first-order valence-electron chi connectivity index (χ1n) is 7.55. The maximum absolute atomic E-state index is 13.8. The Balaban J connectivity index is 1.85. The van der Waals surface area contributed by atoms with Crippen molar-refractivity contribution in [1.29, 1.82) is 0 Å². The lowest BCUT2D eigenvalue weighted by Crippen LogP contribution is -2.41. The fourth-order valence-corrected chi connectivity index (χ4v) is 3.29. The van der Waals surface area contributed by atoms with Crippen LogP contribution in [0.1, 0.15) is 25.3 Å². The third-order valence-electron chi connectivity index (χ3n) is 4.50. The van der Waals surface area contributed by atoms with Crippen LogP contribution in [0.4, 0.5) is 4.39 Å². The second kappa shape index (κ2) is 6.08. The van der Waals surface area contributed by atoms with Gasteiger partial charge in [-0.05, 0) is 56.0 Å². The van der Waals surface area contributed by atoms with Crippen LogP contribution in [0, 0.1) is 11.7 Å². The Morgan fingerprint density at radius 3 is 3.05 bits per heavy atom. The standard InChI is InChI=1S/C17H21FN2O/c1-12-7-13(11-21)4-6-20(12)10-15-9-16(18)8-14-3-2-5-19-17(14)15/h2-3,5,8-9,12-13,21H,4,6-7,10-11H2,1H3/t12-,13-/m0/s1. The molecule has 0 aliphatic carbocycles. The monoisotopic (exact) mass is 288 g/mol. The Morgan fingerprint density at radius 1 is 1.43 bits per heavy atom. The van der Waals surface area contributed by atoms with E-state index in [4.69, 9.17) is 0 Å². The lowest BCUT2D eigenvalue weighted by atomic mass is 9.92. The van der Waals surface area contributed by atoms with Crippen LogP contribution in [0.2, 0.25) is 0 Å². The van der Waals surface area contributed by atoms with Crippen LogP contribution in [0.5, 0.6) is 0 Å². The summed E-state index contributed by atoms with van der Waals surface area (Å²) in [6.07, 6.45) is 3.75. The Kier molecular flexibility index (Phi) is 4.17. The summed E-state index contributed by atoms with van der Waals surface area (Å²) in [4.78, 5) is 6.77. The number of fused-ring (bicyclic) bond motifs is 1. The predicted molar refractivity (Wildman–Crippen MR) is 81.4 cm³/mol. The van der Waals surface area contributed by atoms with Gasteiger partial charge in [0.15, 0.2) is 0 Å². The van der Waals surface area contributed by atoms with Crippen molar-refractivity contribution >= 4 is 10.9 Å². The van der Waals surface area contributed by atoms with Gasteiger partial charge in [0.2, 0.25) is 0 Å². The first kappa shape index (κ1) is 14.4. The molecule has 2 atom stereocenters. The van der Waals surface area contributed by atoms with Crippen molar-refractivity contribution in [2.45, 2.75) is 32.4 Å². The van der Waals surface area contributed by atoms with Crippen LogP contribution in [0.15, 0.2) is 30.5 Å². The maximum Gasteiger partial charge on any atom is 0.124 e. The number of hydrogen-bond acceptors (Lipinski definition) is 3. The zero-order chi connectivity index (χ0) is 14.8. The van der Waals surface area contributed by atoms with Crippen molar-refractivity contribution in [3.05, 3.63) is 41.8 Å². The van der Waals surface area contributed by atoms with Crippen molar-refractivity contribution in [2.24, 2.45) is 5.92 Å². The number of aliphatic hydroxyl groups excluding tert-OH is 1. The number of aromatic nitrogens is 1. The molecule has 4 heteroatoms. The van der Waals surface area contributed by atoms with E-state index < -0.39 is 0 Å². The highest BCUT2D eigenvalue weighted by Gasteiger charge is 2.25. The van der Waals surface area contributed by atoms with E-state index in [1.807, 2.05) is 12.1 Å². The van der Waals surface area contributed by atoms with E-state index >= 15 is 0 Å². The normalized spacial score (nSPS) is 23.6. The molecule has 1 aliphatic rings. The van der Waals surface area contributed by atoms with Gasteiger partial charge in [-0.25, -0.2) is 4.39 Å². The summed E-state index contributed by atoms with van der Waals surface area (Å²) in [6, 6.07) is 7.27. The number of rotatable bonds is 3. The summed E-state index contributed by atoms with van der Waals surface area (Å²) in [7, 11) is 0. The van der Waals surface area contributed by atoms with Gasteiger partial charge in [0.05, 0.1) is 5.52 Å². The molecule has 0 amide bonds. The van der Waals surface area contributed by atoms with Gasteiger partial charge >= 0.3 is 0 Å². The number of aliphatic hydroxyl groups is 1. The Labute approximate surface area is 124 Å². The number of halogens is 1. The van der Waals surface area contributed by atoms with Crippen molar-refractivity contribution in [3.63, 3.8) is 0 Å². The molecule has 1 aliphatic heterocycles. The molecule has 3 nitrogen and oxygen atoms in total. The van der Waals surface area contributed by atoms with E-state index in [-0.39, 0.29) is 12.4 Å². The number of pyridine rings is 1. The molecule has 21 heavy (non-hydrogen) atoms. The van der Waals surface area contributed by atoms with Gasteiger partial charge in [-0.3, -0.25) is 9.88 Å². The van der Waals surface area contributed by atoms with Crippen molar-refractivity contribution in [3.8, 4) is 0 Å². The molecule has 2 heterocycles. The lowest BCUT2D eigenvalue weighted by Gasteiger charge is -2.37. The molecule has 1 aromatic carbocycles. The van der Waals surface area contributed by atoms with Gasteiger partial charge in [0.1, 0.15) is 5.82 Å². The molecule has 0 radical (unpaired) electrons. The average molecular weight is 288 g/mol. The fourth-order valence-electron chi connectivity index (χ4n) is 3.29. The molecule has 2 aromatic rings. The summed E-state index contributed by atoms with van der Waals surface area (Å²) in [5.41, 5.74) is 1.83. The molecule has 1 fully saturated rings. The quantitative estimate of drug-likeness (QED) is 0.943. The highest BCUT2D eigenvalue weighted by atomic mass is 19.1. The molecular formula is C17H21FN2O. The number of piperidine rings is 1. The molecule has 1 aromatic heterocycles. The number of hydrogen-bond donors (Lipinski definition) is 1. The van der Waals surface area contributed by atoms with Crippen molar-refractivity contribution in [1.82, 2.24) is 9.88 Å². The molecule has 0 saturated carbocycles. The second-order valence-electron chi connectivity index (χ2n) is 6.03. The summed E-state index contributed by atoms with van der Waals surface area (Å²) in [6.45, 7) is 4.10. The third-order valence-corrected chi connectivity index (χ3v) is 4.50.